The fraction of sp³-hybridized carbons (Fsp3) is 0.107. The van der Waals surface area contributed by atoms with E-state index in [2.05, 4.69) is 6.92 Å². The van der Waals surface area contributed by atoms with E-state index in [0.29, 0.717) is 16.3 Å². The van der Waals surface area contributed by atoms with Crippen LogP contribution in [-0.4, -0.2) is 28.0 Å². The summed E-state index contributed by atoms with van der Waals surface area (Å²) in [4.78, 5) is 27.6. The molecule has 3 aromatic carbocycles. The molecule has 174 valence electrons. The molecule has 7 heteroatoms. The monoisotopic (exact) mass is 481 g/mol. The number of thioether (sulfide) groups is 1. The van der Waals surface area contributed by atoms with Crippen molar-refractivity contribution in [2.24, 2.45) is 0 Å². The van der Waals surface area contributed by atoms with Crippen LogP contribution < -0.4 is 9.64 Å². The predicted molar refractivity (Wildman–Crippen MR) is 140 cm³/mol. The van der Waals surface area contributed by atoms with Crippen molar-refractivity contribution in [3.05, 3.63) is 101 Å². The van der Waals surface area contributed by atoms with Crippen LogP contribution in [0.25, 0.3) is 23.0 Å². The number of benzene rings is 3. The lowest BCUT2D eigenvalue weighted by Crippen LogP contribution is -2.27. The molecule has 2 heterocycles. The minimum atomic E-state index is -0.336. The maximum atomic E-state index is 13.3. The van der Waals surface area contributed by atoms with Gasteiger partial charge in [-0.25, -0.2) is 9.58 Å². The van der Waals surface area contributed by atoms with Crippen LogP contribution in [0.1, 0.15) is 18.1 Å². The molecule has 2 amide bonds. The summed E-state index contributed by atoms with van der Waals surface area (Å²) in [5, 5.41) is 4.49. The number of para-hydroxylation sites is 1. The normalized spacial score (nSPS) is 14.7. The number of amides is 2. The summed E-state index contributed by atoms with van der Waals surface area (Å²) in [7, 11) is 1.62. The Morgan fingerprint density at radius 3 is 2.29 bits per heavy atom. The number of rotatable bonds is 6. The second kappa shape index (κ2) is 9.64. The van der Waals surface area contributed by atoms with Gasteiger partial charge >= 0.3 is 0 Å². The van der Waals surface area contributed by atoms with E-state index in [0.717, 1.165) is 46.3 Å². The second-order valence-corrected chi connectivity index (χ2v) is 8.97. The highest BCUT2D eigenvalue weighted by Gasteiger charge is 2.36. The molecule has 5 rings (SSSR count). The fourth-order valence-electron chi connectivity index (χ4n) is 3.89. The van der Waals surface area contributed by atoms with Crippen molar-refractivity contribution < 1.29 is 14.3 Å². The zero-order valence-electron chi connectivity index (χ0n) is 19.3. The van der Waals surface area contributed by atoms with Crippen LogP contribution in [0.15, 0.2) is 90.0 Å². The number of carbonyl (C=O) groups is 2. The van der Waals surface area contributed by atoms with Crippen molar-refractivity contribution in [1.82, 2.24) is 9.78 Å². The van der Waals surface area contributed by atoms with Crippen LogP contribution in [0.2, 0.25) is 0 Å². The highest BCUT2D eigenvalue weighted by molar-refractivity contribution is 8.19. The highest BCUT2D eigenvalue weighted by atomic mass is 32.2. The van der Waals surface area contributed by atoms with Crippen LogP contribution in [0, 0.1) is 0 Å². The van der Waals surface area contributed by atoms with Gasteiger partial charge in [-0.05, 0) is 78.4 Å². The molecule has 0 aliphatic carbocycles. The number of carbonyl (C=O) groups excluding carboxylic acids is 2. The van der Waals surface area contributed by atoms with E-state index < -0.39 is 0 Å². The summed E-state index contributed by atoms with van der Waals surface area (Å²) in [5.41, 5.74) is 4.94. The van der Waals surface area contributed by atoms with E-state index in [1.54, 1.807) is 17.9 Å². The predicted octanol–water partition coefficient (Wildman–Crippen LogP) is 6.35. The zero-order valence-corrected chi connectivity index (χ0v) is 20.2. The number of imide groups is 1. The molecule has 0 N–H and O–H groups in total. The second-order valence-electron chi connectivity index (χ2n) is 7.98. The van der Waals surface area contributed by atoms with E-state index >= 15 is 0 Å². The lowest BCUT2D eigenvalue weighted by atomic mass is 10.1. The number of ether oxygens (including phenoxy) is 1. The Labute approximate surface area is 207 Å². The largest absolute Gasteiger partial charge is 0.497 e. The summed E-state index contributed by atoms with van der Waals surface area (Å²) in [6, 6.07) is 24.8. The number of methoxy groups -OCH3 is 1. The summed E-state index contributed by atoms with van der Waals surface area (Å²) >= 11 is 0.938. The Bertz CT molecular complexity index is 1410. The third kappa shape index (κ3) is 4.50. The lowest BCUT2D eigenvalue weighted by Gasteiger charge is -2.12. The molecule has 0 saturated carbocycles. The van der Waals surface area contributed by atoms with Gasteiger partial charge in [-0.3, -0.25) is 9.59 Å². The summed E-state index contributed by atoms with van der Waals surface area (Å²) in [6.45, 7) is 2.06. The van der Waals surface area contributed by atoms with Gasteiger partial charge in [0.2, 0.25) is 0 Å². The Balaban J connectivity index is 1.55. The van der Waals surface area contributed by atoms with Crippen LogP contribution in [0.4, 0.5) is 10.5 Å². The number of hydrogen-bond donors (Lipinski definition) is 0. The van der Waals surface area contributed by atoms with Crippen molar-refractivity contribution in [3.8, 4) is 22.7 Å². The molecule has 1 fully saturated rings. The number of nitrogens with zero attached hydrogens (tertiary/aromatic N) is 3. The van der Waals surface area contributed by atoms with Gasteiger partial charge < -0.3 is 4.74 Å². The third-order valence-electron chi connectivity index (χ3n) is 5.81. The van der Waals surface area contributed by atoms with Crippen molar-refractivity contribution >= 4 is 34.7 Å². The molecule has 0 radical (unpaired) electrons. The summed E-state index contributed by atoms with van der Waals surface area (Å²) < 4.78 is 7.06. The van der Waals surface area contributed by atoms with Gasteiger partial charge in [0.15, 0.2) is 0 Å². The first-order chi connectivity index (χ1) is 17.1. The topological polar surface area (TPSA) is 64.4 Å². The van der Waals surface area contributed by atoms with E-state index in [9.17, 15) is 9.59 Å². The van der Waals surface area contributed by atoms with Crippen LogP contribution in [-0.2, 0) is 11.2 Å². The SMILES string of the molecule is CCc1ccc(N2C(=O)S/C(=C\c3cn(-c4ccccc4)nc3-c3ccc(OC)cc3)C2=O)cc1. The number of hydrogen-bond acceptors (Lipinski definition) is 5. The van der Waals surface area contributed by atoms with Crippen molar-refractivity contribution in [3.63, 3.8) is 0 Å². The molecule has 0 atom stereocenters. The van der Waals surface area contributed by atoms with Crippen LogP contribution in [0.5, 0.6) is 5.75 Å². The molecule has 1 aromatic heterocycles. The first kappa shape index (κ1) is 22.7. The molecule has 4 aromatic rings. The molecule has 1 aliphatic rings. The minimum absolute atomic E-state index is 0.313. The maximum absolute atomic E-state index is 13.3. The molecular formula is C28H23N3O3S. The van der Waals surface area contributed by atoms with Gasteiger partial charge in [0.05, 0.1) is 29.1 Å². The summed E-state index contributed by atoms with van der Waals surface area (Å²) in [5.74, 6) is 0.408. The Kier molecular flexibility index (Phi) is 6.25. The average Bonchev–Trinajstić information content (AvgIpc) is 3.45. The van der Waals surface area contributed by atoms with Gasteiger partial charge in [0.1, 0.15) is 5.75 Å². The first-order valence-electron chi connectivity index (χ1n) is 11.2. The van der Waals surface area contributed by atoms with Gasteiger partial charge in [0, 0.05) is 17.3 Å². The molecule has 0 unspecified atom stereocenters. The molecule has 35 heavy (non-hydrogen) atoms. The molecule has 0 bridgehead atoms. The minimum Gasteiger partial charge on any atom is -0.497 e. The third-order valence-corrected chi connectivity index (χ3v) is 6.68. The van der Waals surface area contributed by atoms with Crippen LogP contribution in [0.3, 0.4) is 0 Å². The Hall–Kier alpha value is -4.10. The van der Waals surface area contributed by atoms with E-state index in [-0.39, 0.29) is 11.1 Å². The average molecular weight is 482 g/mol. The molecular weight excluding hydrogens is 458 g/mol. The molecule has 1 saturated heterocycles. The van der Waals surface area contributed by atoms with E-state index in [1.807, 2.05) is 85.1 Å². The smallest absolute Gasteiger partial charge is 0.298 e. The lowest BCUT2D eigenvalue weighted by molar-refractivity contribution is -0.113. The van der Waals surface area contributed by atoms with E-state index in [4.69, 9.17) is 9.84 Å². The molecule has 0 spiro atoms. The van der Waals surface area contributed by atoms with E-state index in [1.165, 1.54) is 4.90 Å². The van der Waals surface area contributed by atoms with Gasteiger partial charge in [-0.1, -0.05) is 37.3 Å². The molecule has 1 aliphatic heterocycles. The highest BCUT2D eigenvalue weighted by Crippen LogP contribution is 2.37. The maximum Gasteiger partial charge on any atom is 0.298 e. The van der Waals surface area contributed by atoms with Gasteiger partial charge in [-0.15, -0.1) is 0 Å². The van der Waals surface area contributed by atoms with Crippen molar-refractivity contribution in [1.29, 1.82) is 0 Å². The Morgan fingerprint density at radius 1 is 0.914 bits per heavy atom. The number of aromatic nitrogens is 2. The van der Waals surface area contributed by atoms with Crippen molar-refractivity contribution in [2.45, 2.75) is 13.3 Å². The standard InChI is InChI=1S/C28H23N3O3S/c1-3-19-9-13-23(14-10-19)31-27(32)25(35-28(31)33)17-21-18-30(22-7-5-4-6-8-22)29-26(21)20-11-15-24(34-2)16-12-20/h4-18H,3H2,1-2H3/b25-17-. The number of anilines is 1. The quantitative estimate of drug-likeness (QED) is 0.300. The first-order valence-corrected chi connectivity index (χ1v) is 12.1. The summed E-state index contributed by atoms with van der Waals surface area (Å²) in [6.07, 6.45) is 4.51. The van der Waals surface area contributed by atoms with Crippen LogP contribution >= 0.6 is 11.8 Å². The zero-order chi connectivity index (χ0) is 24.4. The van der Waals surface area contributed by atoms with Crippen molar-refractivity contribution in [2.75, 3.05) is 12.0 Å². The molecule has 6 nitrogen and oxygen atoms in total. The van der Waals surface area contributed by atoms with Gasteiger partial charge in [0.25, 0.3) is 11.1 Å². The van der Waals surface area contributed by atoms with Gasteiger partial charge in [-0.2, -0.15) is 5.10 Å². The number of aryl methyl sites for hydroxylation is 1. The Morgan fingerprint density at radius 2 is 1.63 bits per heavy atom. The fourth-order valence-corrected chi connectivity index (χ4v) is 4.72.